The van der Waals surface area contributed by atoms with Crippen LogP contribution < -0.4 is 10.2 Å². The minimum atomic E-state index is 0.229. The molecule has 2 saturated heterocycles. The van der Waals surface area contributed by atoms with E-state index in [1.165, 1.54) is 5.56 Å². The molecule has 3 rings (SSSR count). The molecule has 2 fully saturated rings. The first-order chi connectivity index (χ1) is 8.69. The second-order valence-electron chi connectivity index (χ2n) is 5.74. The van der Waals surface area contributed by atoms with E-state index in [9.17, 15) is 4.79 Å². The van der Waals surface area contributed by atoms with Crippen LogP contribution in [0.15, 0.2) is 24.3 Å². The Morgan fingerprint density at radius 3 is 2.50 bits per heavy atom. The van der Waals surface area contributed by atoms with Gasteiger partial charge in [-0.05, 0) is 50.4 Å². The SMILES string of the molecule is Cc1ccc(N2CC3(CCNCC3)CC2=O)cc1. The Labute approximate surface area is 108 Å². The Bertz CT molecular complexity index is 446. The van der Waals surface area contributed by atoms with E-state index in [4.69, 9.17) is 0 Å². The van der Waals surface area contributed by atoms with Crippen LogP contribution in [-0.2, 0) is 4.79 Å². The van der Waals surface area contributed by atoms with Gasteiger partial charge in [-0.2, -0.15) is 0 Å². The van der Waals surface area contributed by atoms with E-state index in [2.05, 4.69) is 36.5 Å². The quantitative estimate of drug-likeness (QED) is 0.820. The Morgan fingerprint density at radius 2 is 1.83 bits per heavy atom. The lowest BCUT2D eigenvalue weighted by atomic mass is 9.78. The summed E-state index contributed by atoms with van der Waals surface area (Å²) < 4.78 is 0. The van der Waals surface area contributed by atoms with Crippen LogP contribution in [0.2, 0.25) is 0 Å². The van der Waals surface area contributed by atoms with Gasteiger partial charge < -0.3 is 10.2 Å². The molecule has 1 spiro atoms. The summed E-state index contributed by atoms with van der Waals surface area (Å²) in [5, 5.41) is 3.38. The van der Waals surface area contributed by atoms with E-state index >= 15 is 0 Å². The van der Waals surface area contributed by atoms with Gasteiger partial charge in [-0.1, -0.05) is 17.7 Å². The first-order valence-corrected chi connectivity index (χ1v) is 6.76. The number of hydrogen-bond donors (Lipinski definition) is 1. The molecule has 1 N–H and O–H groups in total. The Kier molecular flexibility index (Phi) is 2.86. The van der Waals surface area contributed by atoms with Crippen molar-refractivity contribution in [3.63, 3.8) is 0 Å². The fourth-order valence-electron chi connectivity index (χ4n) is 3.15. The van der Waals surface area contributed by atoms with Crippen LogP contribution in [0.25, 0.3) is 0 Å². The second-order valence-corrected chi connectivity index (χ2v) is 5.74. The molecule has 0 aromatic heterocycles. The summed E-state index contributed by atoms with van der Waals surface area (Å²) in [6, 6.07) is 8.28. The lowest BCUT2D eigenvalue weighted by molar-refractivity contribution is -0.117. The van der Waals surface area contributed by atoms with Crippen molar-refractivity contribution in [1.29, 1.82) is 0 Å². The van der Waals surface area contributed by atoms with Crippen LogP contribution >= 0.6 is 0 Å². The molecular weight excluding hydrogens is 224 g/mol. The molecule has 2 heterocycles. The third-order valence-electron chi connectivity index (χ3n) is 4.33. The highest BCUT2D eigenvalue weighted by molar-refractivity contribution is 5.96. The lowest BCUT2D eigenvalue weighted by Crippen LogP contribution is -2.38. The average molecular weight is 244 g/mol. The number of rotatable bonds is 1. The van der Waals surface area contributed by atoms with Crippen molar-refractivity contribution in [3.8, 4) is 0 Å². The van der Waals surface area contributed by atoms with Crippen LogP contribution in [0.4, 0.5) is 5.69 Å². The second kappa shape index (κ2) is 4.39. The van der Waals surface area contributed by atoms with Gasteiger partial charge in [-0.3, -0.25) is 4.79 Å². The minimum absolute atomic E-state index is 0.229. The van der Waals surface area contributed by atoms with Crippen molar-refractivity contribution in [2.24, 2.45) is 5.41 Å². The lowest BCUT2D eigenvalue weighted by Gasteiger charge is -2.33. The third kappa shape index (κ3) is 2.03. The molecule has 1 aromatic carbocycles. The zero-order valence-corrected chi connectivity index (χ0v) is 10.9. The molecule has 1 aromatic rings. The zero-order chi connectivity index (χ0) is 12.6. The summed E-state index contributed by atoms with van der Waals surface area (Å²) in [5.74, 6) is 0.292. The summed E-state index contributed by atoms with van der Waals surface area (Å²) in [4.78, 5) is 14.2. The number of carbonyl (C=O) groups is 1. The van der Waals surface area contributed by atoms with Gasteiger partial charge in [0.05, 0.1) is 0 Å². The number of amides is 1. The van der Waals surface area contributed by atoms with Crippen molar-refractivity contribution >= 4 is 11.6 Å². The fourth-order valence-corrected chi connectivity index (χ4v) is 3.15. The number of carbonyl (C=O) groups excluding carboxylic acids is 1. The molecule has 0 saturated carbocycles. The number of benzene rings is 1. The van der Waals surface area contributed by atoms with Crippen LogP contribution in [0.3, 0.4) is 0 Å². The van der Waals surface area contributed by atoms with Crippen LogP contribution in [0.1, 0.15) is 24.8 Å². The first kappa shape index (κ1) is 11.7. The third-order valence-corrected chi connectivity index (χ3v) is 4.33. The zero-order valence-electron chi connectivity index (χ0n) is 10.9. The molecule has 0 bridgehead atoms. The van der Waals surface area contributed by atoms with E-state index in [1.54, 1.807) is 0 Å². The molecule has 0 aliphatic carbocycles. The van der Waals surface area contributed by atoms with Gasteiger partial charge >= 0.3 is 0 Å². The molecule has 0 radical (unpaired) electrons. The number of nitrogens with one attached hydrogen (secondary N) is 1. The van der Waals surface area contributed by atoms with Crippen molar-refractivity contribution in [1.82, 2.24) is 5.32 Å². The van der Waals surface area contributed by atoms with E-state index in [-0.39, 0.29) is 5.41 Å². The van der Waals surface area contributed by atoms with Gasteiger partial charge in [0.2, 0.25) is 5.91 Å². The molecule has 0 atom stereocenters. The van der Waals surface area contributed by atoms with Crippen molar-refractivity contribution in [3.05, 3.63) is 29.8 Å². The average Bonchev–Trinajstić information content (AvgIpc) is 2.68. The molecule has 3 nitrogen and oxygen atoms in total. The normalized spacial score (nSPS) is 22.7. The molecule has 18 heavy (non-hydrogen) atoms. The molecule has 3 heteroatoms. The molecule has 1 amide bonds. The largest absolute Gasteiger partial charge is 0.317 e. The summed E-state index contributed by atoms with van der Waals surface area (Å²) >= 11 is 0. The van der Waals surface area contributed by atoms with Crippen molar-refractivity contribution < 1.29 is 4.79 Å². The maximum Gasteiger partial charge on any atom is 0.227 e. The summed E-state index contributed by atoms with van der Waals surface area (Å²) in [5.41, 5.74) is 2.52. The maximum absolute atomic E-state index is 12.2. The highest BCUT2D eigenvalue weighted by atomic mass is 16.2. The Morgan fingerprint density at radius 1 is 1.17 bits per heavy atom. The Balaban J connectivity index is 1.82. The summed E-state index contributed by atoms with van der Waals surface area (Å²) in [6.07, 6.45) is 2.98. The van der Waals surface area contributed by atoms with Gasteiger partial charge in [-0.25, -0.2) is 0 Å². The van der Waals surface area contributed by atoms with Gasteiger partial charge in [0.25, 0.3) is 0 Å². The molecule has 2 aliphatic heterocycles. The highest BCUT2D eigenvalue weighted by Gasteiger charge is 2.43. The predicted octanol–water partition coefficient (Wildman–Crippen LogP) is 2.10. The number of piperidine rings is 1. The van der Waals surface area contributed by atoms with Crippen molar-refractivity contribution in [2.45, 2.75) is 26.2 Å². The smallest absolute Gasteiger partial charge is 0.227 e. The minimum Gasteiger partial charge on any atom is -0.317 e. The van der Waals surface area contributed by atoms with E-state index in [0.717, 1.165) is 44.6 Å². The number of hydrogen-bond acceptors (Lipinski definition) is 2. The number of nitrogens with zero attached hydrogens (tertiary/aromatic N) is 1. The number of aryl methyl sites for hydroxylation is 1. The molecule has 96 valence electrons. The van der Waals surface area contributed by atoms with Crippen LogP contribution in [0, 0.1) is 12.3 Å². The summed E-state index contributed by atoms with van der Waals surface area (Å²) in [6.45, 7) is 5.07. The van der Waals surface area contributed by atoms with Crippen molar-refractivity contribution in [2.75, 3.05) is 24.5 Å². The Hall–Kier alpha value is -1.35. The van der Waals surface area contributed by atoms with Gasteiger partial charge in [0.1, 0.15) is 0 Å². The van der Waals surface area contributed by atoms with E-state index < -0.39 is 0 Å². The highest BCUT2D eigenvalue weighted by Crippen LogP contribution is 2.41. The monoisotopic (exact) mass is 244 g/mol. The van der Waals surface area contributed by atoms with E-state index in [0.29, 0.717) is 5.91 Å². The predicted molar refractivity (Wildman–Crippen MR) is 72.7 cm³/mol. The van der Waals surface area contributed by atoms with E-state index in [1.807, 2.05) is 4.90 Å². The fraction of sp³-hybridized carbons (Fsp3) is 0.533. The van der Waals surface area contributed by atoms with Crippen LogP contribution in [0.5, 0.6) is 0 Å². The topological polar surface area (TPSA) is 32.3 Å². The van der Waals surface area contributed by atoms with Gasteiger partial charge in [0, 0.05) is 18.7 Å². The van der Waals surface area contributed by atoms with Crippen LogP contribution in [-0.4, -0.2) is 25.5 Å². The first-order valence-electron chi connectivity index (χ1n) is 6.76. The molecular formula is C15H20N2O. The van der Waals surface area contributed by atoms with Gasteiger partial charge in [0.15, 0.2) is 0 Å². The molecule has 2 aliphatic rings. The molecule has 0 unspecified atom stereocenters. The number of anilines is 1. The standard InChI is InChI=1S/C15H20N2O/c1-12-2-4-13(5-3-12)17-11-15(10-14(17)18)6-8-16-9-7-15/h2-5,16H,6-11H2,1H3. The summed E-state index contributed by atoms with van der Waals surface area (Å²) in [7, 11) is 0. The maximum atomic E-state index is 12.2. The van der Waals surface area contributed by atoms with Gasteiger partial charge in [-0.15, -0.1) is 0 Å².